The van der Waals surface area contributed by atoms with Crippen LogP contribution in [-0.4, -0.2) is 38.7 Å². The molecule has 2 aromatic rings. The van der Waals surface area contributed by atoms with E-state index in [-0.39, 0.29) is 0 Å². The average Bonchev–Trinajstić information content (AvgIpc) is 2.48. The van der Waals surface area contributed by atoms with Crippen LogP contribution in [0, 0.1) is 0 Å². The summed E-state index contributed by atoms with van der Waals surface area (Å²) < 4.78 is 5.71. The first-order valence-corrected chi connectivity index (χ1v) is 7.36. The van der Waals surface area contributed by atoms with E-state index in [1.807, 2.05) is 26.2 Å². The van der Waals surface area contributed by atoms with Crippen LogP contribution in [-0.2, 0) is 6.42 Å². The van der Waals surface area contributed by atoms with Crippen molar-refractivity contribution >= 4 is 0 Å². The minimum absolute atomic E-state index is 0.683. The smallest absolute Gasteiger partial charge is 0.119 e. The molecule has 2 aromatic carbocycles. The Bertz CT molecular complexity index is 549. The van der Waals surface area contributed by atoms with Gasteiger partial charge >= 0.3 is 0 Å². The zero-order chi connectivity index (χ0) is 15.1. The summed E-state index contributed by atoms with van der Waals surface area (Å²) in [5, 5.41) is 0. The van der Waals surface area contributed by atoms with Gasteiger partial charge in [-0.25, -0.2) is 0 Å². The van der Waals surface area contributed by atoms with E-state index in [0.717, 1.165) is 18.7 Å². The molecule has 112 valence electrons. The maximum atomic E-state index is 5.71. The fourth-order valence-electron chi connectivity index (χ4n) is 2.16. The molecule has 2 rings (SSSR count). The second kappa shape index (κ2) is 7.81. The van der Waals surface area contributed by atoms with Crippen molar-refractivity contribution in [3.63, 3.8) is 0 Å². The summed E-state index contributed by atoms with van der Waals surface area (Å²) in [6, 6.07) is 16.8. The molecule has 3 heteroatoms. The fraction of sp³-hybridized carbons (Fsp3) is 0.333. The zero-order valence-corrected chi connectivity index (χ0v) is 12.9. The van der Waals surface area contributed by atoms with Gasteiger partial charge in [0.1, 0.15) is 12.4 Å². The first-order chi connectivity index (χ1) is 10.2. The highest BCUT2D eigenvalue weighted by Gasteiger charge is 2.01. The van der Waals surface area contributed by atoms with Crippen molar-refractivity contribution in [2.45, 2.75) is 6.42 Å². The van der Waals surface area contributed by atoms with Gasteiger partial charge in [-0.1, -0.05) is 36.4 Å². The van der Waals surface area contributed by atoms with E-state index in [2.05, 4.69) is 41.3 Å². The number of benzene rings is 2. The van der Waals surface area contributed by atoms with Gasteiger partial charge in [0.15, 0.2) is 0 Å². The fourth-order valence-corrected chi connectivity index (χ4v) is 2.16. The summed E-state index contributed by atoms with van der Waals surface area (Å²) in [7, 11) is 4.08. The van der Waals surface area contributed by atoms with Crippen LogP contribution < -0.4 is 10.5 Å². The van der Waals surface area contributed by atoms with Crippen LogP contribution in [0.4, 0.5) is 0 Å². The van der Waals surface area contributed by atoms with Gasteiger partial charge in [-0.15, -0.1) is 0 Å². The third-order valence-electron chi connectivity index (χ3n) is 3.35. The Morgan fingerprint density at radius 3 is 2.43 bits per heavy atom. The molecular weight excluding hydrogens is 260 g/mol. The summed E-state index contributed by atoms with van der Waals surface area (Å²) in [6.07, 6.45) is 0.916. The molecule has 21 heavy (non-hydrogen) atoms. The number of nitrogens with two attached hydrogens (primary N) is 1. The van der Waals surface area contributed by atoms with Crippen molar-refractivity contribution in [2.24, 2.45) is 5.73 Å². The number of nitrogens with zero attached hydrogens (tertiary/aromatic N) is 1. The van der Waals surface area contributed by atoms with Crippen molar-refractivity contribution in [1.29, 1.82) is 0 Å². The van der Waals surface area contributed by atoms with Crippen molar-refractivity contribution in [1.82, 2.24) is 4.90 Å². The van der Waals surface area contributed by atoms with Gasteiger partial charge in [-0.2, -0.15) is 0 Å². The highest BCUT2D eigenvalue weighted by Crippen LogP contribution is 2.23. The Balaban J connectivity index is 2.02. The lowest BCUT2D eigenvalue weighted by molar-refractivity contribution is 0.261. The molecule has 0 saturated heterocycles. The highest BCUT2D eigenvalue weighted by atomic mass is 16.5. The lowest BCUT2D eigenvalue weighted by atomic mass is 10.0. The standard InChI is InChI=1S/C18H24N2O/c1-20(2)12-13-21-18-8-6-16(7-9-18)17-5-3-4-15(14-17)10-11-19/h3-9,14H,10-13,19H2,1-2H3. The number of hydrogen-bond donors (Lipinski definition) is 1. The third-order valence-corrected chi connectivity index (χ3v) is 3.35. The van der Waals surface area contributed by atoms with Gasteiger partial charge in [0, 0.05) is 6.54 Å². The van der Waals surface area contributed by atoms with E-state index in [4.69, 9.17) is 10.5 Å². The van der Waals surface area contributed by atoms with Gasteiger partial charge in [-0.05, 0) is 55.9 Å². The third kappa shape index (κ3) is 4.88. The van der Waals surface area contributed by atoms with Crippen LogP contribution >= 0.6 is 0 Å². The van der Waals surface area contributed by atoms with Gasteiger partial charge < -0.3 is 15.4 Å². The Hall–Kier alpha value is -1.84. The Morgan fingerprint density at radius 1 is 1.00 bits per heavy atom. The number of rotatable bonds is 7. The normalized spacial score (nSPS) is 10.9. The van der Waals surface area contributed by atoms with Gasteiger partial charge in [-0.3, -0.25) is 0 Å². The molecule has 0 radical (unpaired) electrons. The summed E-state index contributed by atoms with van der Waals surface area (Å²) in [4.78, 5) is 2.11. The minimum Gasteiger partial charge on any atom is -0.492 e. The van der Waals surface area contributed by atoms with Gasteiger partial charge in [0.05, 0.1) is 0 Å². The molecule has 2 N–H and O–H groups in total. The van der Waals surface area contributed by atoms with Crippen molar-refractivity contribution < 1.29 is 4.74 Å². The predicted molar refractivity (Wildman–Crippen MR) is 88.7 cm³/mol. The summed E-state index contributed by atoms with van der Waals surface area (Å²) >= 11 is 0. The van der Waals surface area contributed by atoms with Crippen molar-refractivity contribution in [3.05, 3.63) is 54.1 Å². The molecular formula is C18H24N2O. The van der Waals surface area contributed by atoms with Crippen LogP contribution in [0.2, 0.25) is 0 Å². The second-order valence-electron chi connectivity index (χ2n) is 5.42. The minimum atomic E-state index is 0.683. The first kappa shape index (κ1) is 15.5. The predicted octanol–water partition coefficient (Wildman–Crippen LogP) is 2.80. The van der Waals surface area contributed by atoms with E-state index >= 15 is 0 Å². The molecule has 0 aliphatic carbocycles. The molecule has 0 heterocycles. The largest absolute Gasteiger partial charge is 0.492 e. The summed E-state index contributed by atoms with van der Waals surface area (Å²) in [5.74, 6) is 0.915. The van der Waals surface area contributed by atoms with Crippen LogP contribution in [0.15, 0.2) is 48.5 Å². The maximum Gasteiger partial charge on any atom is 0.119 e. The average molecular weight is 284 g/mol. The molecule has 0 aromatic heterocycles. The molecule has 0 atom stereocenters. The van der Waals surface area contributed by atoms with Crippen LogP contribution in [0.5, 0.6) is 5.75 Å². The Morgan fingerprint density at radius 2 is 1.76 bits per heavy atom. The molecule has 0 aliphatic rings. The lowest BCUT2D eigenvalue weighted by Gasteiger charge is -2.11. The summed E-state index contributed by atoms with van der Waals surface area (Å²) in [6.45, 7) is 2.31. The van der Waals surface area contributed by atoms with Crippen molar-refractivity contribution in [2.75, 3.05) is 33.8 Å². The Kier molecular flexibility index (Phi) is 5.78. The monoisotopic (exact) mass is 284 g/mol. The molecule has 0 bridgehead atoms. The maximum absolute atomic E-state index is 5.71. The molecule has 0 fully saturated rings. The number of likely N-dealkylation sites (N-methyl/N-ethyl adjacent to an activating group) is 1. The van der Waals surface area contributed by atoms with Gasteiger partial charge in [0.25, 0.3) is 0 Å². The van der Waals surface area contributed by atoms with E-state index in [0.29, 0.717) is 13.2 Å². The highest BCUT2D eigenvalue weighted by molar-refractivity contribution is 5.64. The van der Waals surface area contributed by atoms with E-state index in [9.17, 15) is 0 Å². The topological polar surface area (TPSA) is 38.5 Å². The second-order valence-corrected chi connectivity index (χ2v) is 5.42. The molecule has 3 nitrogen and oxygen atoms in total. The van der Waals surface area contributed by atoms with Crippen LogP contribution in [0.1, 0.15) is 5.56 Å². The molecule has 0 saturated carbocycles. The van der Waals surface area contributed by atoms with E-state index in [1.54, 1.807) is 0 Å². The first-order valence-electron chi connectivity index (χ1n) is 7.36. The van der Waals surface area contributed by atoms with Crippen LogP contribution in [0.25, 0.3) is 11.1 Å². The van der Waals surface area contributed by atoms with Crippen molar-refractivity contribution in [3.8, 4) is 16.9 Å². The molecule has 0 amide bonds. The zero-order valence-electron chi connectivity index (χ0n) is 12.9. The number of ether oxygens (including phenoxy) is 1. The van der Waals surface area contributed by atoms with E-state index < -0.39 is 0 Å². The lowest BCUT2D eigenvalue weighted by Crippen LogP contribution is -2.19. The van der Waals surface area contributed by atoms with Gasteiger partial charge in [0.2, 0.25) is 0 Å². The van der Waals surface area contributed by atoms with Crippen LogP contribution in [0.3, 0.4) is 0 Å². The quantitative estimate of drug-likeness (QED) is 0.849. The molecule has 0 spiro atoms. The van der Waals surface area contributed by atoms with E-state index in [1.165, 1.54) is 16.7 Å². The SMILES string of the molecule is CN(C)CCOc1ccc(-c2cccc(CCN)c2)cc1. The molecule has 0 aliphatic heterocycles. The summed E-state index contributed by atoms with van der Waals surface area (Å²) in [5.41, 5.74) is 9.32. The Labute approximate surface area is 127 Å². The number of hydrogen-bond acceptors (Lipinski definition) is 3. The molecule has 0 unspecified atom stereocenters.